The zero-order chi connectivity index (χ0) is 22.6. The number of aromatic nitrogens is 5. The molecule has 0 spiro atoms. The largest absolute Gasteiger partial charge is 0.391 e. The average Bonchev–Trinajstić information content (AvgIpc) is 3.13. The molecule has 170 valence electrons. The summed E-state index contributed by atoms with van der Waals surface area (Å²) in [5.74, 6) is -0.834. The summed E-state index contributed by atoms with van der Waals surface area (Å²) in [5.41, 5.74) is 4.46. The van der Waals surface area contributed by atoms with Crippen molar-refractivity contribution in [1.82, 2.24) is 24.7 Å². The number of pyridine rings is 1. The van der Waals surface area contributed by atoms with Gasteiger partial charge in [0, 0.05) is 43.9 Å². The number of ether oxygens (including phenoxy) is 1. The third kappa shape index (κ3) is 3.80. The molecule has 1 saturated carbocycles. The minimum Gasteiger partial charge on any atom is -0.370 e. The SMILES string of the molecule is Cc1nc2cc(N3CCO[C@@H](c4cnn(C)c4)C3)nc(C3CC(C(F)(F)F)C3)c2nc1C. The molecular formula is C22H25F3N6O. The van der Waals surface area contributed by atoms with Crippen molar-refractivity contribution in [2.24, 2.45) is 13.0 Å². The van der Waals surface area contributed by atoms with Crippen molar-refractivity contribution in [2.45, 2.75) is 44.9 Å². The smallest absolute Gasteiger partial charge is 0.370 e. The summed E-state index contributed by atoms with van der Waals surface area (Å²) in [6.45, 7) is 5.49. The van der Waals surface area contributed by atoms with Gasteiger partial charge in [0.25, 0.3) is 0 Å². The van der Waals surface area contributed by atoms with Crippen LogP contribution in [-0.2, 0) is 11.8 Å². The van der Waals surface area contributed by atoms with E-state index in [0.717, 1.165) is 17.0 Å². The maximum absolute atomic E-state index is 13.1. The van der Waals surface area contributed by atoms with Gasteiger partial charge in [-0.15, -0.1) is 0 Å². The first kappa shape index (κ1) is 21.1. The maximum Gasteiger partial charge on any atom is 0.391 e. The fraction of sp³-hybridized carbons (Fsp3) is 0.545. The van der Waals surface area contributed by atoms with Gasteiger partial charge in [-0.25, -0.2) is 15.0 Å². The standard InChI is InChI=1S/C22H25F3N6O/c1-12-13(2)28-21-17(27-12)8-19(29-20(21)14-6-16(7-14)22(23,24)25)31-4-5-32-18(11-31)15-9-26-30(3)10-15/h8-10,14,16,18H,4-7,11H2,1-3H3/t14?,16?,18-/m1/s1. The quantitative estimate of drug-likeness (QED) is 0.606. The number of hydrogen-bond donors (Lipinski definition) is 0. The van der Waals surface area contributed by atoms with E-state index in [9.17, 15) is 13.2 Å². The van der Waals surface area contributed by atoms with E-state index < -0.39 is 12.1 Å². The van der Waals surface area contributed by atoms with Crippen LogP contribution in [0.15, 0.2) is 18.5 Å². The van der Waals surface area contributed by atoms with Gasteiger partial charge in [0.15, 0.2) is 0 Å². The Bertz CT molecular complexity index is 1150. The normalized spacial score (nSPS) is 24.1. The van der Waals surface area contributed by atoms with Gasteiger partial charge >= 0.3 is 6.18 Å². The Balaban J connectivity index is 1.50. The molecular weight excluding hydrogens is 421 g/mol. The second-order valence-electron chi connectivity index (χ2n) is 8.79. The van der Waals surface area contributed by atoms with Crippen molar-refractivity contribution in [2.75, 3.05) is 24.6 Å². The van der Waals surface area contributed by atoms with E-state index in [4.69, 9.17) is 9.72 Å². The zero-order valence-electron chi connectivity index (χ0n) is 18.2. The van der Waals surface area contributed by atoms with Gasteiger partial charge in [-0.05, 0) is 26.7 Å². The summed E-state index contributed by atoms with van der Waals surface area (Å²) >= 11 is 0. The van der Waals surface area contributed by atoms with E-state index >= 15 is 0 Å². The van der Waals surface area contributed by atoms with Gasteiger partial charge in [0.2, 0.25) is 0 Å². The Morgan fingerprint density at radius 2 is 1.84 bits per heavy atom. The van der Waals surface area contributed by atoms with Gasteiger partial charge in [0.1, 0.15) is 17.4 Å². The Labute approximate surface area is 183 Å². The highest BCUT2D eigenvalue weighted by Gasteiger charge is 2.49. The van der Waals surface area contributed by atoms with Crippen LogP contribution in [-0.4, -0.2) is 50.6 Å². The third-order valence-electron chi connectivity index (χ3n) is 6.55. The maximum atomic E-state index is 13.1. The highest BCUT2D eigenvalue weighted by Crippen LogP contribution is 2.50. The molecule has 0 bridgehead atoms. The van der Waals surface area contributed by atoms with Gasteiger partial charge < -0.3 is 9.64 Å². The van der Waals surface area contributed by atoms with E-state index in [1.807, 2.05) is 33.2 Å². The lowest BCUT2D eigenvalue weighted by Gasteiger charge is -2.37. The third-order valence-corrected chi connectivity index (χ3v) is 6.55. The van der Waals surface area contributed by atoms with Gasteiger partial charge in [0.05, 0.1) is 41.3 Å². The highest BCUT2D eigenvalue weighted by molar-refractivity contribution is 5.80. The number of halogens is 3. The molecule has 10 heteroatoms. The van der Waals surface area contributed by atoms with E-state index in [0.29, 0.717) is 42.2 Å². The van der Waals surface area contributed by atoms with Crippen LogP contribution in [0, 0.1) is 19.8 Å². The van der Waals surface area contributed by atoms with E-state index in [2.05, 4.69) is 20.0 Å². The number of aryl methyl sites for hydroxylation is 3. The number of morpholine rings is 1. The second kappa shape index (κ2) is 7.68. The molecule has 0 amide bonds. The lowest BCUT2D eigenvalue weighted by Crippen LogP contribution is -2.39. The van der Waals surface area contributed by atoms with Crippen molar-refractivity contribution < 1.29 is 17.9 Å². The monoisotopic (exact) mass is 446 g/mol. The Hall–Kier alpha value is -2.75. The molecule has 0 unspecified atom stereocenters. The first-order chi connectivity index (χ1) is 15.2. The number of hydrogen-bond acceptors (Lipinski definition) is 6. The van der Waals surface area contributed by atoms with Crippen molar-refractivity contribution in [3.63, 3.8) is 0 Å². The number of rotatable bonds is 3. The predicted molar refractivity (Wildman–Crippen MR) is 112 cm³/mol. The molecule has 3 aromatic rings. The topological polar surface area (TPSA) is 69.0 Å². The van der Waals surface area contributed by atoms with Crippen molar-refractivity contribution in [1.29, 1.82) is 0 Å². The molecule has 1 aliphatic heterocycles. The first-order valence-electron chi connectivity index (χ1n) is 10.8. The van der Waals surface area contributed by atoms with Crippen LogP contribution in [0.4, 0.5) is 19.0 Å². The Morgan fingerprint density at radius 3 is 2.53 bits per heavy atom. The number of alkyl halides is 3. The fourth-order valence-electron chi connectivity index (χ4n) is 4.46. The van der Waals surface area contributed by atoms with Crippen LogP contribution in [0.2, 0.25) is 0 Å². The molecule has 5 rings (SSSR count). The number of nitrogens with zero attached hydrogens (tertiary/aromatic N) is 6. The summed E-state index contributed by atoms with van der Waals surface area (Å²) in [4.78, 5) is 16.3. The lowest BCUT2D eigenvalue weighted by atomic mass is 9.72. The molecule has 3 aromatic heterocycles. The van der Waals surface area contributed by atoms with Gasteiger partial charge in [-0.2, -0.15) is 18.3 Å². The first-order valence-corrected chi connectivity index (χ1v) is 10.8. The minimum atomic E-state index is -4.16. The summed E-state index contributed by atoms with van der Waals surface area (Å²) in [5, 5.41) is 4.22. The van der Waals surface area contributed by atoms with E-state index in [-0.39, 0.29) is 24.9 Å². The zero-order valence-corrected chi connectivity index (χ0v) is 18.2. The molecule has 0 aromatic carbocycles. The Morgan fingerprint density at radius 1 is 1.09 bits per heavy atom. The van der Waals surface area contributed by atoms with Crippen molar-refractivity contribution in [3.05, 3.63) is 41.1 Å². The van der Waals surface area contributed by atoms with Crippen LogP contribution in [0.3, 0.4) is 0 Å². The lowest BCUT2D eigenvalue weighted by molar-refractivity contribution is -0.197. The van der Waals surface area contributed by atoms with E-state index in [1.54, 1.807) is 10.9 Å². The number of fused-ring (bicyclic) bond motifs is 1. The number of anilines is 1. The van der Waals surface area contributed by atoms with Crippen LogP contribution in [0.1, 0.15) is 47.5 Å². The summed E-state index contributed by atoms with van der Waals surface area (Å²) in [6.07, 6.45) is -0.505. The van der Waals surface area contributed by atoms with Crippen molar-refractivity contribution >= 4 is 16.9 Å². The molecule has 2 aliphatic rings. The van der Waals surface area contributed by atoms with Crippen LogP contribution >= 0.6 is 0 Å². The van der Waals surface area contributed by atoms with Crippen LogP contribution < -0.4 is 4.90 Å². The molecule has 4 heterocycles. The molecule has 1 saturated heterocycles. The highest BCUT2D eigenvalue weighted by atomic mass is 19.4. The summed E-state index contributed by atoms with van der Waals surface area (Å²) in [6, 6.07) is 1.89. The van der Waals surface area contributed by atoms with Gasteiger partial charge in [-0.3, -0.25) is 4.68 Å². The summed E-state index contributed by atoms with van der Waals surface area (Å²) < 4.78 is 47.0. The molecule has 2 fully saturated rings. The molecule has 7 nitrogen and oxygen atoms in total. The van der Waals surface area contributed by atoms with Crippen molar-refractivity contribution in [3.8, 4) is 0 Å². The second-order valence-corrected chi connectivity index (χ2v) is 8.79. The predicted octanol–water partition coefficient (Wildman–Crippen LogP) is 4.01. The van der Waals surface area contributed by atoms with Crippen LogP contribution in [0.5, 0.6) is 0 Å². The van der Waals surface area contributed by atoms with Crippen LogP contribution in [0.25, 0.3) is 11.0 Å². The Kier molecular flexibility index (Phi) is 5.07. The molecule has 0 radical (unpaired) electrons. The average molecular weight is 446 g/mol. The molecule has 0 N–H and O–H groups in total. The molecule has 1 atom stereocenters. The van der Waals surface area contributed by atoms with Gasteiger partial charge in [-0.1, -0.05) is 0 Å². The molecule has 32 heavy (non-hydrogen) atoms. The fourth-order valence-corrected chi connectivity index (χ4v) is 4.46. The van der Waals surface area contributed by atoms with E-state index in [1.165, 1.54) is 0 Å². The minimum absolute atomic E-state index is 0.0467. The summed E-state index contributed by atoms with van der Waals surface area (Å²) in [7, 11) is 1.86. The molecule has 1 aliphatic carbocycles.